The molecule has 29 heavy (non-hydrogen) atoms. The molecule has 2 aromatic rings. The molecule has 0 saturated heterocycles. The number of benzene rings is 1. The minimum absolute atomic E-state index is 0.0539. The second kappa shape index (κ2) is 7.50. The van der Waals surface area contributed by atoms with Crippen LogP contribution in [0.25, 0.3) is 0 Å². The van der Waals surface area contributed by atoms with Crippen molar-refractivity contribution >= 4 is 11.9 Å². The second-order valence-electron chi connectivity index (χ2n) is 7.82. The molecule has 1 aliphatic heterocycles. The molecular weight excluding hydrogens is 378 g/mol. The van der Waals surface area contributed by atoms with Crippen LogP contribution >= 0.6 is 0 Å². The summed E-state index contributed by atoms with van der Waals surface area (Å²) in [6.07, 6.45) is 3.65. The van der Waals surface area contributed by atoms with Gasteiger partial charge in [0.15, 0.2) is 0 Å². The summed E-state index contributed by atoms with van der Waals surface area (Å²) in [7, 11) is 3.32. The molecule has 1 saturated carbocycles. The van der Waals surface area contributed by atoms with Gasteiger partial charge in [0.1, 0.15) is 24.2 Å². The predicted octanol–water partition coefficient (Wildman–Crippen LogP) is 2.84. The van der Waals surface area contributed by atoms with Crippen LogP contribution < -0.4 is 0 Å². The third kappa shape index (κ3) is 3.71. The molecule has 0 N–H and O–H groups in total. The number of aromatic nitrogens is 1. The van der Waals surface area contributed by atoms with E-state index in [1.54, 1.807) is 23.9 Å². The summed E-state index contributed by atoms with van der Waals surface area (Å²) in [5.41, 5.74) is 1.02. The smallest absolute Gasteiger partial charge is 0.320 e. The Hall–Kier alpha value is -2.90. The van der Waals surface area contributed by atoms with Gasteiger partial charge in [-0.05, 0) is 31.0 Å². The molecule has 1 aliphatic carbocycles. The molecule has 0 radical (unpaired) electrons. The van der Waals surface area contributed by atoms with Crippen molar-refractivity contribution in [2.24, 2.45) is 0 Å². The van der Waals surface area contributed by atoms with Crippen LogP contribution in [0.5, 0.6) is 0 Å². The van der Waals surface area contributed by atoms with E-state index in [0.29, 0.717) is 13.1 Å². The van der Waals surface area contributed by atoms with Gasteiger partial charge >= 0.3 is 6.03 Å². The molecule has 4 rings (SSSR count). The van der Waals surface area contributed by atoms with Crippen molar-refractivity contribution in [2.45, 2.75) is 31.5 Å². The van der Waals surface area contributed by atoms with Gasteiger partial charge in [0.25, 0.3) is 0 Å². The SMILES string of the molecule is CN(C)C(=O)N(CC(=O)N1CCn2cccc2[C@H]1c1ccc(F)cc1F)C1CC1. The van der Waals surface area contributed by atoms with Crippen molar-refractivity contribution < 1.29 is 18.4 Å². The quantitative estimate of drug-likeness (QED) is 0.790. The predicted molar refractivity (Wildman–Crippen MR) is 103 cm³/mol. The van der Waals surface area contributed by atoms with Crippen LogP contribution in [0.4, 0.5) is 13.6 Å². The summed E-state index contributed by atoms with van der Waals surface area (Å²) in [5, 5.41) is 0. The first-order valence-electron chi connectivity index (χ1n) is 9.74. The zero-order valence-electron chi connectivity index (χ0n) is 16.5. The van der Waals surface area contributed by atoms with Crippen molar-refractivity contribution in [3.05, 3.63) is 59.4 Å². The molecule has 1 aromatic heterocycles. The highest BCUT2D eigenvalue weighted by atomic mass is 19.1. The van der Waals surface area contributed by atoms with Crippen LogP contribution in [0.2, 0.25) is 0 Å². The minimum atomic E-state index is -0.689. The Kier molecular flexibility index (Phi) is 5.02. The first-order chi connectivity index (χ1) is 13.9. The highest BCUT2D eigenvalue weighted by Crippen LogP contribution is 2.35. The number of urea groups is 1. The average molecular weight is 402 g/mol. The Bertz CT molecular complexity index is 939. The van der Waals surface area contributed by atoms with Gasteiger partial charge in [-0.2, -0.15) is 0 Å². The summed E-state index contributed by atoms with van der Waals surface area (Å²) in [5.74, 6) is -1.59. The third-order valence-corrected chi connectivity index (χ3v) is 5.54. The van der Waals surface area contributed by atoms with E-state index < -0.39 is 17.7 Å². The minimum Gasteiger partial charge on any atom is -0.348 e. The Balaban J connectivity index is 1.66. The van der Waals surface area contributed by atoms with E-state index in [9.17, 15) is 18.4 Å². The van der Waals surface area contributed by atoms with Crippen molar-refractivity contribution in [1.82, 2.24) is 19.3 Å². The number of hydrogen-bond donors (Lipinski definition) is 0. The fraction of sp³-hybridized carbons (Fsp3) is 0.429. The van der Waals surface area contributed by atoms with Crippen molar-refractivity contribution in [1.29, 1.82) is 0 Å². The lowest BCUT2D eigenvalue weighted by atomic mass is 9.99. The van der Waals surface area contributed by atoms with Crippen LogP contribution in [0.15, 0.2) is 36.5 Å². The summed E-state index contributed by atoms with van der Waals surface area (Å²) in [4.78, 5) is 30.4. The van der Waals surface area contributed by atoms with Gasteiger partial charge in [-0.25, -0.2) is 13.6 Å². The molecule has 2 heterocycles. The van der Waals surface area contributed by atoms with Crippen LogP contribution in [0, 0.1) is 11.6 Å². The average Bonchev–Trinajstić information content (AvgIpc) is 3.41. The molecule has 3 amide bonds. The van der Waals surface area contributed by atoms with Gasteiger partial charge in [0, 0.05) is 56.7 Å². The molecule has 154 valence electrons. The summed E-state index contributed by atoms with van der Waals surface area (Å²) in [6, 6.07) is 6.33. The number of amides is 3. The molecule has 2 aliphatic rings. The lowest BCUT2D eigenvalue weighted by molar-refractivity contribution is -0.134. The molecular formula is C21H24F2N4O2. The maximum absolute atomic E-state index is 14.6. The number of carbonyl (C=O) groups is 2. The molecule has 8 heteroatoms. The fourth-order valence-electron chi connectivity index (χ4n) is 3.94. The summed E-state index contributed by atoms with van der Waals surface area (Å²) >= 11 is 0. The van der Waals surface area contributed by atoms with E-state index >= 15 is 0 Å². The van der Waals surface area contributed by atoms with Crippen LogP contribution in [-0.2, 0) is 11.3 Å². The number of carbonyl (C=O) groups excluding carboxylic acids is 2. The summed E-state index contributed by atoms with van der Waals surface area (Å²) < 4.78 is 30.1. The van der Waals surface area contributed by atoms with Crippen LogP contribution in [0.3, 0.4) is 0 Å². The topological polar surface area (TPSA) is 48.8 Å². The monoisotopic (exact) mass is 402 g/mol. The van der Waals surface area contributed by atoms with Gasteiger partial charge in [0.2, 0.25) is 5.91 Å². The zero-order chi connectivity index (χ0) is 20.7. The molecule has 0 spiro atoms. The van der Waals surface area contributed by atoms with Crippen molar-refractivity contribution in [2.75, 3.05) is 27.2 Å². The molecule has 0 bridgehead atoms. The lowest BCUT2D eigenvalue weighted by Gasteiger charge is -2.38. The largest absolute Gasteiger partial charge is 0.348 e. The van der Waals surface area contributed by atoms with Gasteiger partial charge in [0.05, 0.1) is 0 Å². The third-order valence-electron chi connectivity index (χ3n) is 5.54. The van der Waals surface area contributed by atoms with E-state index in [-0.39, 0.29) is 30.1 Å². The number of fused-ring (bicyclic) bond motifs is 1. The molecule has 1 fully saturated rings. The Morgan fingerprint density at radius 2 is 1.90 bits per heavy atom. The van der Waals surface area contributed by atoms with E-state index in [1.807, 2.05) is 22.9 Å². The second-order valence-corrected chi connectivity index (χ2v) is 7.82. The highest BCUT2D eigenvalue weighted by molar-refractivity contribution is 5.85. The maximum atomic E-state index is 14.6. The Morgan fingerprint density at radius 3 is 2.55 bits per heavy atom. The van der Waals surface area contributed by atoms with E-state index in [0.717, 1.165) is 24.6 Å². The molecule has 0 unspecified atom stereocenters. The van der Waals surface area contributed by atoms with E-state index in [2.05, 4.69) is 0 Å². The van der Waals surface area contributed by atoms with Gasteiger partial charge in [-0.3, -0.25) is 4.79 Å². The number of halogens is 2. The van der Waals surface area contributed by atoms with Crippen LogP contribution in [-0.4, -0.2) is 64.4 Å². The number of hydrogen-bond acceptors (Lipinski definition) is 2. The highest BCUT2D eigenvalue weighted by Gasteiger charge is 2.39. The van der Waals surface area contributed by atoms with E-state index in [1.165, 1.54) is 17.0 Å². The fourth-order valence-corrected chi connectivity index (χ4v) is 3.94. The number of nitrogens with zero attached hydrogens (tertiary/aromatic N) is 4. The molecule has 1 atom stereocenters. The standard InChI is InChI=1S/C21H24F2N4O2/c1-24(2)21(29)27(15-6-7-15)13-19(28)26-11-10-25-9-3-4-18(25)20(26)16-8-5-14(22)12-17(16)23/h3-5,8-9,12,15,20H,6-7,10-11,13H2,1-2H3/t20-/m1/s1. The normalized spacial score (nSPS) is 18.3. The first kappa shape index (κ1) is 19.4. The number of rotatable bonds is 4. The Morgan fingerprint density at radius 1 is 1.14 bits per heavy atom. The van der Waals surface area contributed by atoms with Gasteiger partial charge < -0.3 is 19.3 Å². The lowest BCUT2D eigenvalue weighted by Crippen LogP contribution is -2.50. The molecule has 1 aromatic carbocycles. The van der Waals surface area contributed by atoms with Crippen molar-refractivity contribution in [3.8, 4) is 0 Å². The first-order valence-corrected chi connectivity index (χ1v) is 9.74. The van der Waals surface area contributed by atoms with E-state index in [4.69, 9.17) is 0 Å². The Labute approximate surface area is 168 Å². The van der Waals surface area contributed by atoms with Crippen molar-refractivity contribution in [3.63, 3.8) is 0 Å². The van der Waals surface area contributed by atoms with Gasteiger partial charge in [-0.1, -0.05) is 6.07 Å². The zero-order valence-corrected chi connectivity index (χ0v) is 16.5. The molecule has 6 nitrogen and oxygen atoms in total. The van der Waals surface area contributed by atoms with Gasteiger partial charge in [-0.15, -0.1) is 0 Å². The maximum Gasteiger partial charge on any atom is 0.320 e. The summed E-state index contributed by atoms with van der Waals surface area (Å²) in [6.45, 7) is 0.913. The van der Waals surface area contributed by atoms with Crippen LogP contribution in [0.1, 0.15) is 30.1 Å².